The van der Waals surface area contributed by atoms with Gasteiger partial charge in [0.25, 0.3) is 0 Å². The third kappa shape index (κ3) is 3.44. The van der Waals surface area contributed by atoms with Gasteiger partial charge >= 0.3 is 0 Å². The van der Waals surface area contributed by atoms with Crippen molar-refractivity contribution in [3.63, 3.8) is 0 Å². The van der Waals surface area contributed by atoms with E-state index in [1.807, 2.05) is 28.5 Å². The molecule has 0 bridgehead atoms. The summed E-state index contributed by atoms with van der Waals surface area (Å²) in [5, 5.41) is 18.0. The van der Waals surface area contributed by atoms with Crippen LogP contribution < -0.4 is 10.2 Å². The van der Waals surface area contributed by atoms with E-state index in [9.17, 15) is 5.11 Å². The number of rotatable bonds is 4. The molecule has 4 aromatic rings. The van der Waals surface area contributed by atoms with E-state index in [1.165, 1.54) is 0 Å². The number of nitrogens with one attached hydrogen (secondary N) is 1. The van der Waals surface area contributed by atoms with Gasteiger partial charge in [-0.1, -0.05) is 17.7 Å². The molecule has 0 spiro atoms. The number of hydrogen-bond donors (Lipinski definition) is 2. The second kappa shape index (κ2) is 8.20. The lowest BCUT2D eigenvalue weighted by Gasteiger charge is -2.28. The number of phenols is 1. The SMILES string of the molecule is Cc1cc([C@H]2[C@@H](c3ccccn3)NC(=S)N2c2cc(Cl)ccc2O)c(C)n1-c1nccs1. The van der Waals surface area contributed by atoms with Gasteiger partial charge < -0.3 is 15.3 Å². The van der Waals surface area contributed by atoms with Crippen LogP contribution >= 0.6 is 35.2 Å². The molecule has 2 N–H and O–H groups in total. The van der Waals surface area contributed by atoms with E-state index in [1.54, 1.807) is 41.9 Å². The normalized spacial score (nSPS) is 18.2. The molecule has 3 aromatic heterocycles. The Bertz CT molecular complexity index is 1290. The van der Waals surface area contributed by atoms with Gasteiger partial charge in [0.1, 0.15) is 5.75 Å². The Kier molecular flexibility index (Phi) is 5.36. The second-order valence-corrected chi connectivity index (χ2v) is 9.30. The van der Waals surface area contributed by atoms with E-state index >= 15 is 0 Å². The number of halogens is 1. The van der Waals surface area contributed by atoms with E-state index in [-0.39, 0.29) is 17.8 Å². The molecule has 1 fully saturated rings. The molecule has 32 heavy (non-hydrogen) atoms. The number of phenolic OH excluding ortho intramolecular Hbond substituents is 1. The Morgan fingerprint density at radius 1 is 1.12 bits per heavy atom. The highest BCUT2D eigenvalue weighted by atomic mass is 35.5. The van der Waals surface area contributed by atoms with E-state index in [0.717, 1.165) is 27.8 Å². The summed E-state index contributed by atoms with van der Waals surface area (Å²) in [6, 6.07) is 12.5. The number of pyridine rings is 1. The molecule has 6 nitrogen and oxygen atoms in total. The van der Waals surface area contributed by atoms with Crippen molar-refractivity contribution in [1.82, 2.24) is 19.9 Å². The molecular formula is C23H20ClN5OS2. The number of aromatic hydroxyl groups is 1. The molecule has 1 aliphatic rings. The number of nitrogens with zero attached hydrogens (tertiary/aromatic N) is 4. The predicted octanol–water partition coefficient (Wildman–Crippen LogP) is 5.48. The van der Waals surface area contributed by atoms with Gasteiger partial charge in [-0.3, -0.25) is 9.55 Å². The summed E-state index contributed by atoms with van der Waals surface area (Å²) >= 11 is 13.6. The van der Waals surface area contributed by atoms with E-state index in [2.05, 4.69) is 39.8 Å². The predicted molar refractivity (Wildman–Crippen MR) is 132 cm³/mol. The van der Waals surface area contributed by atoms with Crippen LogP contribution in [-0.4, -0.2) is 24.8 Å². The highest BCUT2D eigenvalue weighted by molar-refractivity contribution is 7.80. The monoisotopic (exact) mass is 481 g/mol. The molecule has 0 amide bonds. The summed E-state index contributed by atoms with van der Waals surface area (Å²) in [7, 11) is 0. The smallest absolute Gasteiger partial charge is 0.193 e. The second-order valence-electron chi connectivity index (χ2n) is 7.61. The number of thiocarbonyl (C=S) groups is 1. The Hall–Kier alpha value is -2.94. The Morgan fingerprint density at radius 3 is 2.69 bits per heavy atom. The zero-order valence-electron chi connectivity index (χ0n) is 17.4. The molecule has 0 unspecified atom stereocenters. The maximum atomic E-state index is 10.7. The maximum absolute atomic E-state index is 10.7. The summed E-state index contributed by atoms with van der Waals surface area (Å²) in [4.78, 5) is 11.0. The van der Waals surface area contributed by atoms with Gasteiger partial charge in [-0.25, -0.2) is 4.98 Å². The van der Waals surface area contributed by atoms with Crippen LogP contribution in [0.1, 0.15) is 34.7 Å². The summed E-state index contributed by atoms with van der Waals surface area (Å²) in [6.45, 7) is 4.15. The summed E-state index contributed by atoms with van der Waals surface area (Å²) in [6.07, 6.45) is 3.58. The van der Waals surface area contributed by atoms with Gasteiger partial charge in [-0.15, -0.1) is 11.3 Å². The number of benzene rings is 1. The van der Waals surface area contributed by atoms with Gasteiger partial charge in [0.05, 0.1) is 23.5 Å². The van der Waals surface area contributed by atoms with Crippen LogP contribution in [0.4, 0.5) is 5.69 Å². The Labute approximate surface area is 200 Å². The molecule has 0 radical (unpaired) electrons. The molecule has 1 aromatic carbocycles. The zero-order chi connectivity index (χ0) is 22.4. The van der Waals surface area contributed by atoms with Gasteiger partial charge in [0, 0.05) is 34.2 Å². The molecule has 1 saturated heterocycles. The fourth-order valence-corrected chi connectivity index (χ4v) is 5.58. The third-order valence-corrected chi connectivity index (χ3v) is 7.00. The number of hydrogen-bond acceptors (Lipinski definition) is 5. The topological polar surface area (TPSA) is 66.2 Å². The highest BCUT2D eigenvalue weighted by Crippen LogP contribution is 2.46. The summed E-state index contributed by atoms with van der Waals surface area (Å²) in [5.41, 5.74) is 4.61. The van der Waals surface area contributed by atoms with Crippen molar-refractivity contribution >= 4 is 46.0 Å². The number of anilines is 1. The molecule has 2 atom stereocenters. The van der Waals surface area contributed by atoms with Crippen LogP contribution in [-0.2, 0) is 0 Å². The van der Waals surface area contributed by atoms with Crippen molar-refractivity contribution in [3.8, 4) is 10.9 Å². The van der Waals surface area contributed by atoms with Crippen molar-refractivity contribution in [2.75, 3.05) is 4.90 Å². The lowest BCUT2D eigenvalue weighted by Crippen LogP contribution is -2.29. The van der Waals surface area contributed by atoms with Gasteiger partial charge in [-0.05, 0) is 68.0 Å². The molecular weight excluding hydrogens is 462 g/mol. The van der Waals surface area contributed by atoms with E-state index in [4.69, 9.17) is 23.8 Å². The Balaban J connectivity index is 1.71. The zero-order valence-corrected chi connectivity index (χ0v) is 19.7. The van der Waals surface area contributed by atoms with Crippen LogP contribution in [0, 0.1) is 13.8 Å². The fourth-order valence-electron chi connectivity index (χ4n) is 4.33. The summed E-state index contributed by atoms with van der Waals surface area (Å²) in [5.74, 6) is 0.110. The lowest BCUT2D eigenvalue weighted by atomic mass is 9.96. The first-order valence-corrected chi connectivity index (χ1v) is 11.7. The number of aromatic nitrogens is 3. The molecule has 5 rings (SSSR count). The van der Waals surface area contributed by atoms with Crippen molar-refractivity contribution in [2.45, 2.75) is 25.9 Å². The number of thiazole rings is 1. The van der Waals surface area contributed by atoms with Gasteiger partial charge in [0.2, 0.25) is 0 Å². The minimum Gasteiger partial charge on any atom is -0.506 e. The average molecular weight is 482 g/mol. The van der Waals surface area contributed by atoms with Crippen LogP contribution in [0.25, 0.3) is 5.13 Å². The minimum absolute atomic E-state index is 0.110. The quantitative estimate of drug-likeness (QED) is 0.376. The van der Waals surface area contributed by atoms with Crippen molar-refractivity contribution < 1.29 is 5.11 Å². The van der Waals surface area contributed by atoms with Crippen LogP contribution in [0.3, 0.4) is 0 Å². The first kappa shape index (κ1) is 20.9. The van der Waals surface area contributed by atoms with Crippen molar-refractivity contribution in [3.05, 3.63) is 87.9 Å². The largest absolute Gasteiger partial charge is 0.506 e. The first-order valence-electron chi connectivity index (χ1n) is 10.0. The molecule has 1 aliphatic heterocycles. The van der Waals surface area contributed by atoms with Crippen LogP contribution in [0.2, 0.25) is 5.02 Å². The van der Waals surface area contributed by atoms with Gasteiger partial charge in [-0.2, -0.15) is 0 Å². The van der Waals surface area contributed by atoms with Crippen LogP contribution in [0.15, 0.2) is 60.2 Å². The first-order chi connectivity index (χ1) is 15.5. The van der Waals surface area contributed by atoms with Crippen molar-refractivity contribution in [1.29, 1.82) is 0 Å². The van der Waals surface area contributed by atoms with Crippen molar-refractivity contribution in [2.24, 2.45) is 0 Å². The molecule has 4 heterocycles. The average Bonchev–Trinajstić information content (AvgIpc) is 3.48. The molecule has 0 saturated carbocycles. The molecule has 162 valence electrons. The Morgan fingerprint density at radius 2 is 1.97 bits per heavy atom. The molecule has 9 heteroatoms. The van der Waals surface area contributed by atoms with Gasteiger partial charge in [0.15, 0.2) is 10.2 Å². The standard InChI is InChI=1S/C23H20ClN5OS2/c1-13-11-16(14(2)28(13)23-26-9-10-32-23)21-20(17-5-3-4-8-25-17)27-22(31)29(21)18-12-15(24)6-7-19(18)30/h3-12,20-21,30H,1-2H3,(H,27,31)/t20-,21+/m1/s1. The van der Waals surface area contributed by atoms with E-state index < -0.39 is 0 Å². The minimum atomic E-state index is -0.248. The van der Waals surface area contributed by atoms with E-state index in [0.29, 0.717) is 15.8 Å². The summed E-state index contributed by atoms with van der Waals surface area (Å²) < 4.78 is 2.15. The maximum Gasteiger partial charge on any atom is 0.193 e. The number of aryl methyl sites for hydroxylation is 1. The lowest BCUT2D eigenvalue weighted by molar-refractivity contribution is 0.472. The highest BCUT2D eigenvalue weighted by Gasteiger charge is 2.43. The third-order valence-electron chi connectivity index (χ3n) is 5.69. The van der Waals surface area contributed by atoms with Crippen LogP contribution in [0.5, 0.6) is 5.75 Å². The molecule has 0 aliphatic carbocycles. The fraction of sp³-hybridized carbons (Fsp3) is 0.174.